The molecule has 4 aromatic rings. The maximum absolute atomic E-state index is 6.04. The SMILES string of the molecule is COc1c(C)cnc(Cn2nc3c4c(nc(N)nc42)SCC(c2cncnc2)=C3)c1C. The molecule has 1 aliphatic heterocycles. The quantitative estimate of drug-likeness (QED) is 0.486. The largest absolute Gasteiger partial charge is 0.496 e. The number of nitrogens with two attached hydrogens (primary N) is 1. The molecule has 156 valence electrons. The zero-order chi connectivity index (χ0) is 21.5. The van der Waals surface area contributed by atoms with Crippen LogP contribution in [0.1, 0.15) is 28.1 Å². The van der Waals surface area contributed by atoms with Crippen molar-refractivity contribution in [2.24, 2.45) is 0 Å². The molecule has 0 aliphatic carbocycles. The third-order valence-electron chi connectivity index (χ3n) is 5.26. The summed E-state index contributed by atoms with van der Waals surface area (Å²) in [6.45, 7) is 4.42. The summed E-state index contributed by atoms with van der Waals surface area (Å²) in [5, 5.41) is 6.57. The Kier molecular flexibility index (Phi) is 4.78. The van der Waals surface area contributed by atoms with Gasteiger partial charge in [-0.3, -0.25) is 4.98 Å². The predicted molar refractivity (Wildman–Crippen MR) is 120 cm³/mol. The van der Waals surface area contributed by atoms with Crippen LogP contribution in [0, 0.1) is 13.8 Å². The molecule has 0 atom stereocenters. The Balaban J connectivity index is 1.65. The highest BCUT2D eigenvalue weighted by molar-refractivity contribution is 7.99. The highest BCUT2D eigenvalue weighted by Gasteiger charge is 2.22. The van der Waals surface area contributed by atoms with Gasteiger partial charge in [-0.2, -0.15) is 10.1 Å². The summed E-state index contributed by atoms with van der Waals surface area (Å²) in [5.41, 5.74) is 12.4. The van der Waals surface area contributed by atoms with Gasteiger partial charge in [0, 0.05) is 41.0 Å². The van der Waals surface area contributed by atoms with Crippen LogP contribution in [0.4, 0.5) is 5.95 Å². The highest BCUT2D eigenvalue weighted by atomic mass is 32.2. The number of aryl methyl sites for hydroxylation is 1. The van der Waals surface area contributed by atoms with Crippen molar-refractivity contribution in [3.63, 3.8) is 0 Å². The van der Waals surface area contributed by atoms with E-state index >= 15 is 0 Å². The number of ether oxygens (including phenoxy) is 1. The molecule has 1 aliphatic rings. The van der Waals surface area contributed by atoms with Crippen LogP contribution in [0.3, 0.4) is 0 Å². The Morgan fingerprint density at radius 3 is 2.74 bits per heavy atom. The van der Waals surface area contributed by atoms with Crippen LogP contribution in [-0.4, -0.2) is 47.6 Å². The summed E-state index contributed by atoms with van der Waals surface area (Å²) >= 11 is 1.61. The molecule has 2 N–H and O–H groups in total. The van der Waals surface area contributed by atoms with Gasteiger partial charge in [-0.15, -0.1) is 11.8 Å². The minimum absolute atomic E-state index is 0.223. The molecule has 0 bridgehead atoms. The molecule has 0 amide bonds. The van der Waals surface area contributed by atoms with Gasteiger partial charge in [-0.25, -0.2) is 19.6 Å². The van der Waals surface area contributed by atoms with Gasteiger partial charge in [0.15, 0.2) is 5.65 Å². The van der Waals surface area contributed by atoms with Crippen molar-refractivity contribution >= 4 is 40.4 Å². The van der Waals surface area contributed by atoms with Crippen LogP contribution < -0.4 is 10.5 Å². The van der Waals surface area contributed by atoms with Crippen molar-refractivity contribution in [1.82, 2.24) is 34.7 Å². The summed E-state index contributed by atoms with van der Waals surface area (Å²) in [4.78, 5) is 21.9. The molecule has 0 aromatic carbocycles. The van der Waals surface area contributed by atoms with E-state index in [9.17, 15) is 0 Å². The van der Waals surface area contributed by atoms with E-state index in [1.165, 1.54) is 6.33 Å². The van der Waals surface area contributed by atoms with E-state index < -0.39 is 0 Å². The van der Waals surface area contributed by atoms with Gasteiger partial charge >= 0.3 is 0 Å². The number of anilines is 1. The molecule has 31 heavy (non-hydrogen) atoms. The maximum Gasteiger partial charge on any atom is 0.223 e. The van der Waals surface area contributed by atoms with E-state index in [1.807, 2.05) is 24.7 Å². The van der Waals surface area contributed by atoms with Crippen LogP contribution in [0.5, 0.6) is 5.75 Å². The number of hydrogen-bond acceptors (Lipinski definition) is 9. The second-order valence-corrected chi connectivity index (χ2v) is 8.22. The minimum atomic E-state index is 0.223. The van der Waals surface area contributed by atoms with Crippen molar-refractivity contribution in [3.05, 3.63) is 53.0 Å². The van der Waals surface area contributed by atoms with Crippen LogP contribution in [0.25, 0.3) is 22.7 Å². The lowest BCUT2D eigenvalue weighted by atomic mass is 10.1. The van der Waals surface area contributed by atoms with Crippen LogP contribution in [0.2, 0.25) is 0 Å². The maximum atomic E-state index is 6.04. The Bertz CT molecular complexity index is 1330. The normalized spacial score (nSPS) is 13.2. The highest BCUT2D eigenvalue weighted by Crippen LogP contribution is 2.37. The van der Waals surface area contributed by atoms with E-state index in [0.29, 0.717) is 17.9 Å². The third kappa shape index (κ3) is 3.38. The molecule has 9 nitrogen and oxygen atoms in total. The smallest absolute Gasteiger partial charge is 0.223 e. The molecule has 0 radical (unpaired) electrons. The van der Waals surface area contributed by atoms with Gasteiger partial charge in [0.1, 0.15) is 17.1 Å². The molecule has 0 spiro atoms. The summed E-state index contributed by atoms with van der Waals surface area (Å²) in [7, 11) is 1.67. The number of methoxy groups -OCH3 is 1. The van der Waals surface area contributed by atoms with Crippen molar-refractivity contribution in [3.8, 4) is 5.75 Å². The zero-order valence-corrected chi connectivity index (χ0v) is 18.1. The zero-order valence-electron chi connectivity index (χ0n) is 17.3. The van der Waals surface area contributed by atoms with Crippen molar-refractivity contribution in [1.29, 1.82) is 0 Å². The number of pyridine rings is 1. The van der Waals surface area contributed by atoms with Gasteiger partial charge in [0.25, 0.3) is 0 Å². The lowest BCUT2D eigenvalue weighted by Crippen LogP contribution is -2.09. The molecule has 0 fully saturated rings. The number of nitrogens with zero attached hydrogens (tertiary/aromatic N) is 7. The van der Waals surface area contributed by atoms with E-state index in [4.69, 9.17) is 15.6 Å². The molecule has 0 unspecified atom stereocenters. The first-order chi connectivity index (χ1) is 15.0. The number of nitrogen functional groups attached to an aromatic ring is 1. The van der Waals surface area contributed by atoms with Gasteiger partial charge < -0.3 is 10.5 Å². The number of thioether (sulfide) groups is 1. The minimum Gasteiger partial charge on any atom is -0.496 e. The predicted octanol–water partition coefficient (Wildman–Crippen LogP) is 2.91. The van der Waals surface area contributed by atoms with Gasteiger partial charge in [-0.05, 0) is 25.5 Å². The molecule has 5 rings (SSSR count). The third-order valence-corrected chi connectivity index (χ3v) is 6.28. The van der Waals surface area contributed by atoms with Gasteiger partial charge in [0.2, 0.25) is 5.95 Å². The summed E-state index contributed by atoms with van der Waals surface area (Å²) in [6, 6.07) is 0. The van der Waals surface area contributed by atoms with Crippen LogP contribution >= 0.6 is 11.8 Å². The van der Waals surface area contributed by atoms with Crippen LogP contribution in [0.15, 0.2) is 29.9 Å². The monoisotopic (exact) mass is 432 g/mol. The Morgan fingerprint density at radius 2 is 1.97 bits per heavy atom. The Hall–Kier alpha value is -3.53. The summed E-state index contributed by atoms with van der Waals surface area (Å²) in [5.74, 6) is 1.77. The fourth-order valence-electron chi connectivity index (χ4n) is 3.76. The van der Waals surface area contributed by atoms with E-state index in [-0.39, 0.29) is 5.95 Å². The average molecular weight is 433 g/mol. The molecule has 0 saturated carbocycles. The second kappa shape index (κ2) is 7.62. The number of aromatic nitrogens is 7. The molecular formula is C21H20N8OS. The first kappa shape index (κ1) is 19.4. The van der Waals surface area contributed by atoms with E-state index in [1.54, 1.807) is 31.3 Å². The van der Waals surface area contributed by atoms with Gasteiger partial charge in [-0.1, -0.05) is 0 Å². The molecule has 5 heterocycles. The molecule has 0 saturated heterocycles. The van der Waals surface area contributed by atoms with Crippen LogP contribution in [-0.2, 0) is 6.54 Å². The van der Waals surface area contributed by atoms with E-state index in [2.05, 4.69) is 31.0 Å². The molecular weight excluding hydrogens is 412 g/mol. The molecule has 4 aromatic heterocycles. The summed E-state index contributed by atoms with van der Waals surface area (Å²) in [6.07, 6.45) is 8.99. The molecule has 10 heteroatoms. The number of hydrogen-bond donors (Lipinski definition) is 1. The topological polar surface area (TPSA) is 118 Å². The fraction of sp³-hybridized carbons (Fsp3) is 0.238. The van der Waals surface area contributed by atoms with Crippen molar-refractivity contribution in [2.75, 3.05) is 18.6 Å². The second-order valence-electron chi connectivity index (χ2n) is 7.26. The fourth-order valence-corrected chi connectivity index (χ4v) is 4.80. The summed E-state index contributed by atoms with van der Waals surface area (Å²) < 4.78 is 7.39. The standard InChI is InChI=1S/C21H20N8OS/c1-11-5-25-16(12(2)18(11)30-3)8-29-19-17-15(28-29)4-13(14-6-23-10-24-7-14)9-31-20(17)27-21(22)26-19/h4-7,10H,8-9H2,1-3H3,(H2,22,26,27). The Morgan fingerprint density at radius 1 is 1.16 bits per heavy atom. The van der Waals surface area contributed by atoms with Crippen molar-refractivity contribution in [2.45, 2.75) is 25.4 Å². The van der Waals surface area contributed by atoms with E-state index in [0.717, 1.165) is 49.8 Å². The first-order valence-electron chi connectivity index (χ1n) is 9.67. The first-order valence-corrected chi connectivity index (χ1v) is 10.7. The lowest BCUT2D eigenvalue weighted by Gasteiger charge is -2.12. The average Bonchev–Trinajstić information content (AvgIpc) is 2.99. The van der Waals surface area contributed by atoms with Gasteiger partial charge in [0.05, 0.1) is 30.4 Å². The van der Waals surface area contributed by atoms with Crippen molar-refractivity contribution < 1.29 is 4.74 Å². The lowest BCUT2D eigenvalue weighted by molar-refractivity contribution is 0.406. The number of rotatable bonds is 4. The Labute approximate surface area is 182 Å².